The van der Waals surface area contributed by atoms with Crippen molar-refractivity contribution in [1.29, 1.82) is 0 Å². The summed E-state index contributed by atoms with van der Waals surface area (Å²) >= 11 is 0. The van der Waals surface area contributed by atoms with Gasteiger partial charge in [-0.05, 0) is 43.7 Å². The average Bonchev–Trinajstić information content (AvgIpc) is 3.17. The Balaban J connectivity index is 1.63. The summed E-state index contributed by atoms with van der Waals surface area (Å²) in [6.45, 7) is 4.64. The predicted molar refractivity (Wildman–Crippen MR) is 97.6 cm³/mol. The molecule has 2 aliphatic rings. The first-order chi connectivity index (χ1) is 12.4. The Morgan fingerprint density at radius 3 is 2.77 bits per heavy atom. The fourth-order valence-electron chi connectivity index (χ4n) is 3.43. The molecule has 136 valence electrons. The number of anilines is 1. The minimum atomic E-state index is -2.64. The van der Waals surface area contributed by atoms with Gasteiger partial charge in [0, 0.05) is 30.3 Å². The zero-order valence-electron chi connectivity index (χ0n) is 14.9. The highest BCUT2D eigenvalue weighted by molar-refractivity contribution is 6.15. The number of fused-ring (bicyclic) bond motifs is 1. The maximum absolute atomic E-state index is 13.5. The molecule has 0 spiro atoms. The van der Waals surface area contributed by atoms with Gasteiger partial charge < -0.3 is 9.64 Å². The minimum absolute atomic E-state index is 0.0965. The number of halogens is 2. The molecular formula is C20H21F2N3O. The van der Waals surface area contributed by atoms with Gasteiger partial charge in [-0.15, -0.1) is 0 Å². The number of rotatable bonds is 4. The van der Waals surface area contributed by atoms with Crippen LogP contribution in [0.1, 0.15) is 37.0 Å². The first-order valence-electron chi connectivity index (χ1n) is 8.85. The lowest BCUT2D eigenvalue weighted by Crippen LogP contribution is -2.25. The molecule has 0 bridgehead atoms. The smallest absolute Gasteiger partial charge is 0.266 e. The fraction of sp³-hybridized carbons (Fsp3) is 0.400. The number of aliphatic imine (C=N–C) groups is 1. The van der Waals surface area contributed by atoms with E-state index in [0.717, 1.165) is 28.2 Å². The van der Waals surface area contributed by atoms with Gasteiger partial charge >= 0.3 is 0 Å². The maximum Gasteiger partial charge on any atom is 0.266 e. The Bertz CT molecular complexity index is 864. The van der Waals surface area contributed by atoms with Gasteiger partial charge in [0.15, 0.2) is 0 Å². The standard InChI is InChI=1S/C20H21F2N3O/c1-13(2)26-16-4-3-15-11-24-19(17(15)10-16)14-5-7-23-18(9-14)25-8-6-20(21,22)12-25/h3-5,7,9-10,13H,6,8,11-12H2,1-2H3. The summed E-state index contributed by atoms with van der Waals surface area (Å²) in [7, 11) is 0. The summed E-state index contributed by atoms with van der Waals surface area (Å²) in [5, 5.41) is 0. The van der Waals surface area contributed by atoms with Gasteiger partial charge in [0.25, 0.3) is 5.92 Å². The zero-order valence-corrected chi connectivity index (χ0v) is 14.9. The molecule has 4 rings (SSSR count). The Morgan fingerprint density at radius 2 is 2.04 bits per heavy atom. The van der Waals surface area contributed by atoms with Crippen molar-refractivity contribution in [3.8, 4) is 5.75 Å². The summed E-state index contributed by atoms with van der Waals surface area (Å²) in [6, 6.07) is 9.73. The van der Waals surface area contributed by atoms with Crippen LogP contribution in [0, 0.1) is 0 Å². The van der Waals surface area contributed by atoms with Gasteiger partial charge in [0.05, 0.1) is 24.9 Å². The number of hydrogen-bond acceptors (Lipinski definition) is 4. The number of hydrogen-bond donors (Lipinski definition) is 0. The van der Waals surface area contributed by atoms with E-state index in [1.807, 2.05) is 44.2 Å². The van der Waals surface area contributed by atoms with Crippen LogP contribution in [0.15, 0.2) is 41.5 Å². The van der Waals surface area contributed by atoms with Crippen molar-refractivity contribution in [2.24, 2.45) is 4.99 Å². The van der Waals surface area contributed by atoms with Crippen LogP contribution in [0.4, 0.5) is 14.6 Å². The summed E-state index contributed by atoms with van der Waals surface area (Å²) in [5.74, 6) is -1.26. The van der Waals surface area contributed by atoms with E-state index in [-0.39, 0.29) is 19.1 Å². The summed E-state index contributed by atoms with van der Waals surface area (Å²) in [6.07, 6.45) is 1.63. The third-order valence-corrected chi connectivity index (χ3v) is 4.63. The SMILES string of the molecule is CC(C)Oc1ccc2c(c1)C(c1ccnc(N3CCC(F)(F)C3)c1)=NC2. The molecule has 1 aromatic carbocycles. The molecule has 6 heteroatoms. The van der Waals surface area contributed by atoms with Crippen LogP contribution in [0.3, 0.4) is 0 Å². The molecule has 0 aliphatic carbocycles. The zero-order chi connectivity index (χ0) is 18.3. The van der Waals surface area contributed by atoms with Crippen LogP contribution in [-0.2, 0) is 6.54 Å². The lowest BCUT2D eigenvalue weighted by atomic mass is 10.0. The average molecular weight is 357 g/mol. The molecule has 0 amide bonds. The highest BCUT2D eigenvalue weighted by Crippen LogP contribution is 2.32. The quantitative estimate of drug-likeness (QED) is 0.828. The summed E-state index contributed by atoms with van der Waals surface area (Å²) in [4.78, 5) is 10.6. The van der Waals surface area contributed by atoms with Crippen molar-refractivity contribution in [3.05, 3.63) is 53.2 Å². The predicted octanol–water partition coefficient (Wildman–Crippen LogP) is 4.07. The van der Waals surface area contributed by atoms with Crippen molar-refractivity contribution in [1.82, 2.24) is 4.98 Å². The Labute approximate surface area is 151 Å². The third-order valence-electron chi connectivity index (χ3n) is 4.63. The molecule has 1 aromatic heterocycles. The molecule has 0 N–H and O–H groups in total. The molecule has 3 heterocycles. The topological polar surface area (TPSA) is 37.7 Å². The van der Waals surface area contributed by atoms with Gasteiger partial charge in [0.1, 0.15) is 11.6 Å². The van der Waals surface area contributed by atoms with Crippen LogP contribution >= 0.6 is 0 Å². The first kappa shape index (κ1) is 16.9. The second-order valence-corrected chi connectivity index (χ2v) is 7.08. The molecule has 0 atom stereocenters. The van der Waals surface area contributed by atoms with Gasteiger partial charge in [-0.1, -0.05) is 6.07 Å². The number of pyridine rings is 1. The maximum atomic E-state index is 13.5. The molecule has 2 aliphatic heterocycles. The van der Waals surface area contributed by atoms with Crippen molar-refractivity contribution in [2.75, 3.05) is 18.0 Å². The molecule has 26 heavy (non-hydrogen) atoms. The first-order valence-corrected chi connectivity index (χ1v) is 8.85. The lowest BCUT2D eigenvalue weighted by Gasteiger charge is -2.18. The summed E-state index contributed by atoms with van der Waals surface area (Å²) < 4.78 is 32.8. The lowest BCUT2D eigenvalue weighted by molar-refractivity contribution is 0.0256. The van der Waals surface area contributed by atoms with Crippen LogP contribution in [0.2, 0.25) is 0 Å². The number of benzene rings is 1. The van der Waals surface area contributed by atoms with E-state index in [4.69, 9.17) is 4.74 Å². The number of ether oxygens (including phenoxy) is 1. The van der Waals surface area contributed by atoms with Crippen molar-refractivity contribution in [3.63, 3.8) is 0 Å². The van der Waals surface area contributed by atoms with E-state index >= 15 is 0 Å². The molecule has 2 aromatic rings. The van der Waals surface area contributed by atoms with Crippen molar-refractivity contribution < 1.29 is 13.5 Å². The minimum Gasteiger partial charge on any atom is -0.491 e. The van der Waals surface area contributed by atoms with Crippen molar-refractivity contribution in [2.45, 2.75) is 38.8 Å². The van der Waals surface area contributed by atoms with E-state index in [1.54, 1.807) is 11.1 Å². The summed E-state index contributed by atoms with van der Waals surface area (Å²) in [5.41, 5.74) is 3.93. The second kappa shape index (κ2) is 6.34. The normalized spacial score (nSPS) is 18.2. The third kappa shape index (κ3) is 3.28. The Morgan fingerprint density at radius 1 is 1.19 bits per heavy atom. The van der Waals surface area contributed by atoms with E-state index in [9.17, 15) is 8.78 Å². The van der Waals surface area contributed by atoms with E-state index in [0.29, 0.717) is 18.9 Å². The molecule has 1 fully saturated rings. The second-order valence-electron chi connectivity index (χ2n) is 7.08. The van der Waals surface area contributed by atoms with Gasteiger partial charge in [-0.25, -0.2) is 13.8 Å². The molecular weight excluding hydrogens is 336 g/mol. The highest BCUT2D eigenvalue weighted by Gasteiger charge is 2.38. The molecule has 1 saturated heterocycles. The van der Waals surface area contributed by atoms with E-state index in [1.165, 1.54) is 0 Å². The number of alkyl halides is 2. The van der Waals surface area contributed by atoms with Gasteiger partial charge in [-0.3, -0.25) is 4.99 Å². The van der Waals surface area contributed by atoms with Crippen LogP contribution in [0.25, 0.3) is 0 Å². The molecule has 0 unspecified atom stereocenters. The van der Waals surface area contributed by atoms with Gasteiger partial charge in [-0.2, -0.15) is 0 Å². The molecule has 0 radical (unpaired) electrons. The number of aromatic nitrogens is 1. The van der Waals surface area contributed by atoms with Crippen LogP contribution in [0.5, 0.6) is 5.75 Å². The largest absolute Gasteiger partial charge is 0.491 e. The molecule has 0 saturated carbocycles. The van der Waals surface area contributed by atoms with E-state index in [2.05, 4.69) is 9.98 Å². The fourth-order valence-corrected chi connectivity index (χ4v) is 3.43. The molecule has 4 nitrogen and oxygen atoms in total. The van der Waals surface area contributed by atoms with Crippen LogP contribution < -0.4 is 9.64 Å². The van der Waals surface area contributed by atoms with Crippen molar-refractivity contribution >= 4 is 11.5 Å². The highest BCUT2D eigenvalue weighted by atomic mass is 19.3. The number of nitrogens with zero attached hydrogens (tertiary/aromatic N) is 3. The Hall–Kier alpha value is -2.50. The van der Waals surface area contributed by atoms with Gasteiger partial charge in [0.2, 0.25) is 0 Å². The monoisotopic (exact) mass is 357 g/mol. The van der Waals surface area contributed by atoms with E-state index < -0.39 is 5.92 Å². The Kier molecular flexibility index (Phi) is 4.13. The van der Waals surface area contributed by atoms with Crippen LogP contribution in [-0.4, -0.2) is 35.8 Å².